The second-order valence-corrected chi connectivity index (χ2v) is 7.34. The third kappa shape index (κ3) is 3.21. The fourth-order valence-electron chi connectivity index (χ4n) is 4.14. The van der Waals surface area contributed by atoms with E-state index in [1.165, 1.54) is 6.08 Å². The number of hydrogen-bond donors (Lipinski definition) is 0. The van der Waals surface area contributed by atoms with E-state index in [-0.39, 0.29) is 11.7 Å². The number of halogens is 4. The number of allylic oxidation sites excluding steroid dienone is 4. The Labute approximate surface area is 134 Å². The highest BCUT2D eigenvalue weighted by molar-refractivity contribution is 5.33. The molecule has 0 N–H and O–H groups in total. The normalized spacial score (nSPS) is 39.8. The standard InChI is InChI=1S/C18H24F4O/c1-12-4-9-16(23-11-12)14-7-5-13(6-8-14)15-3-2-10-17(19,20)18(15,21)22/h2-3,10,12-14,16H,4-9,11H2,1H3. The van der Waals surface area contributed by atoms with Gasteiger partial charge in [-0.15, -0.1) is 0 Å². The van der Waals surface area contributed by atoms with Crippen LogP contribution < -0.4 is 0 Å². The van der Waals surface area contributed by atoms with Crippen LogP contribution in [0, 0.1) is 17.8 Å². The van der Waals surface area contributed by atoms with Crippen LogP contribution in [0.25, 0.3) is 0 Å². The lowest BCUT2D eigenvalue weighted by molar-refractivity contribution is -0.161. The molecule has 2 atom stereocenters. The topological polar surface area (TPSA) is 9.23 Å². The van der Waals surface area contributed by atoms with Crippen molar-refractivity contribution in [3.63, 3.8) is 0 Å². The van der Waals surface area contributed by atoms with Gasteiger partial charge in [-0.05, 0) is 62.4 Å². The highest BCUT2D eigenvalue weighted by Gasteiger charge is 2.59. The largest absolute Gasteiger partial charge is 0.378 e. The molecule has 3 aliphatic rings. The molecule has 0 aromatic carbocycles. The van der Waals surface area contributed by atoms with E-state index >= 15 is 0 Å². The summed E-state index contributed by atoms with van der Waals surface area (Å²) in [6.45, 7) is 2.93. The van der Waals surface area contributed by atoms with E-state index in [2.05, 4.69) is 6.92 Å². The highest BCUT2D eigenvalue weighted by Crippen LogP contribution is 2.49. The summed E-state index contributed by atoms with van der Waals surface area (Å²) in [5.74, 6) is -7.61. The maximum absolute atomic E-state index is 14.0. The fourth-order valence-corrected chi connectivity index (χ4v) is 4.14. The van der Waals surface area contributed by atoms with Crippen LogP contribution in [0.3, 0.4) is 0 Å². The maximum atomic E-state index is 14.0. The lowest BCUT2D eigenvalue weighted by atomic mass is 9.72. The van der Waals surface area contributed by atoms with Gasteiger partial charge in [0.25, 0.3) is 0 Å². The predicted octanol–water partition coefficient (Wildman–Crippen LogP) is 5.37. The fraction of sp³-hybridized carbons (Fsp3) is 0.778. The van der Waals surface area contributed by atoms with Gasteiger partial charge in [0.2, 0.25) is 0 Å². The minimum Gasteiger partial charge on any atom is -0.378 e. The zero-order chi connectivity index (χ0) is 16.7. The second kappa shape index (κ2) is 6.23. The van der Waals surface area contributed by atoms with Crippen LogP contribution in [0.5, 0.6) is 0 Å². The Morgan fingerprint density at radius 3 is 2.30 bits per heavy atom. The summed E-state index contributed by atoms with van der Waals surface area (Å²) in [6.07, 6.45) is 7.62. The van der Waals surface area contributed by atoms with Crippen molar-refractivity contribution in [3.8, 4) is 0 Å². The van der Waals surface area contributed by atoms with Crippen LogP contribution in [0.4, 0.5) is 17.6 Å². The molecule has 5 heteroatoms. The van der Waals surface area contributed by atoms with Gasteiger partial charge in [0.1, 0.15) is 0 Å². The molecular weight excluding hydrogens is 308 g/mol. The molecule has 1 heterocycles. The van der Waals surface area contributed by atoms with E-state index in [1.807, 2.05) is 0 Å². The molecule has 2 fully saturated rings. The van der Waals surface area contributed by atoms with Gasteiger partial charge in [0.15, 0.2) is 0 Å². The van der Waals surface area contributed by atoms with E-state index in [4.69, 9.17) is 4.74 Å². The van der Waals surface area contributed by atoms with Crippen molar-refractivity contribution in [2.24, 2.45) is 17.8 Å². The zero-order valence-electron chi connectivity index (χ0n) is 13.4. The van der Waals surface area contributed by atoms with Gasteiger partial charge >= 0.3 is 11.8 Å². The summed E-state index contributed by atoms with van der Waals surface area (Å²) in [5.41, 5.74) is -0.387. The molecule has 0 bridgehead atoms. The average molecular weight is 332 g/mol. The van der Waals surface area contributed by atoms with Crippen molar-refractivity contribution in [1.82, 2.24) is 0 Å². The van der Waals surface area contributed by atoms with E-state index in [0.717, 1.165) is 38.4 Å². The van der Waals surface area contributed by atoms with E-state index < -0.39 is 17.8 Å². The van der Waals surface area contributed by atoms with Crippen LogP contribution >= 0.6 is 0 Å². The monoisotopic (exact) mass is 332 g/mol. The Hall–Kier alpha value is -0.840. The first-order valence-electron chi connectivity index (χ1n) is 8.58. The molecule has 1 aliphatic heterocycles. The van der Waals surface area contributed by atoms with E-state index in [0.29, 0.717) is 30.8 Å². The SMILES string of the molecule is CC1CCC(C2CCC(C3=CC=CC(F)(F)C3(F)F)CC2)OC1. The van der Waals surface area contributed by atoms with Crippen LogP contribution in [-0.4, -0.2) is 24.6 Å². The first kappa shape index (κ1) is 17.0. The number of rotatable bonds is 2. The first-order valence-corrected chi connectivity index (χ1v) is 8.58. The van der Waals surface area contributed by atoms with Gasteiger partial charge in [-0.25, -0.2) is 0 Å². The summed E-state index contributed by atoms with van der Waals surface area (Å²) in [6, 6.07) is 0. The molecule has 1 nitrogen and oxygen atoms in total. The molecule has 0 aromatic heterocycles. The zero-order valence-corrected chi connectivity index (χ0v) is 13.4. The first-order chi connectivity index (χ1) is 10.8. The lowest BCUT2D eigenvalue weighted by Crippen LogP contribution is -2.45. The lowest BCUT2D eigenvalue weighted by Gasteiger charge is -2.40. The molecule has 1 saturated heterocycles. The van der Waals surface area contributed by atoms with Crippen LogP contribution in [-0.2, 0) is 4.74 Å². The Morgan fingerprint density at radius 1 is 1.00 bits per heavy atom. The number of ether oxygens (including phenoxy) is 1. The molecular formula is C18H24F4O. The van der Waals surface area contributed by atoms with Crippen molar-refractivity contribution in [2.75, 3.05) is 6.61 Å². The van der Waals surface area contributed by atoms with Crippen molar-refractivity contribution in [2.45, 2.75) is 63.4 Å². The molecule has 0 amide bonds. The molecule has 2 aliphatic carbocycles. The van der Waals surface area contributed by atoms with Gasteiger partial charge in [-0.2, -0.15) is 17.6 Å². The van der Waals surface area contributed by atoms with Crippen molar-refractivity contribution >= 4 is 0 Å². The summed E-state index contributed by atoms with van der Waals surface area (Å²) in [7, 11) is 0. The second-order valence-electron chi connectivity index (χ2n) is 7.34. The Kier molecular flexibility index (Phi) is 4.60. The third-order valence-corrected chi connectivity index (χ3v) is 5.64. The van der Waals surface area contributed by atoms with Crippen molar-refractivity contribution in [1.29, 1.82) is 0 Å². The smallest absolute Gasteiger partial charge is 0.335 e. The summed E-state index contributed by atoms with van der Waals surface area (Å²) >= 11 is 0. The quantitative estimate of drug-likeness (QED) is 0.617. The Balaban J connectivity index is 1.61. The van der Waals surface area contributed by atoms with E-state index in [1.54, 1.807) is 0 Å². The van der Waals surface area contributed by atoms with Gasteiger partial charge in [0.05, 0.1) is 6.10 Å². The minimum atomic E-state index is -4.07. The Bertz CT molecular complexity index is 481. The number of hydrogen-bond acceptors (Lipinski definition) is 1. The summed E-state index contributed by atoms with van der Waals surface area (Å²) < 4.78 is 60.9. The molecule has 23 heavy (non-hydrogen) atoms. The average Bonchev–Trinajstić information content (AvgIpc) is 2.51. The molecule has 3 rings (SSSR count). The molecule has 130 valence electrons. The Morgan fingerprint density at radius 2 is 1.70 bits per heavy atom. The molecule has 2 unspecified atom stereocenters. The summed E-state index contributed by atoms with van der Waals surface area (Å²) in [5, 5.41) is 0. The molecule has 0 radical (unpaired) electrons. The van der Waals surface area contributed by atoms with Crippen molar-refractivity contribution < 1.29 is 22.3 Å². The molecule has 0 spiro atoms. The van der Waals surface area contributed by atoms with E-state index in [9.17, 15) is 17.6 Å². The maximum Gasteiger partial charge on any atom is 0.335 e. The van der Waals surface area contributed by atoms with Gasteiger partial charge < -0.3 is 4.74 Å². The predicted molar refractivity (Wildman–Crippen MR) is 80.7 cm³/mol. The van der Waals surface area contributed by atoms with Crippen LogP contribution in [0.15, 0.2) is 23.8 Å². The van der Waals surface area contributed by atoms with Gasteiger partial charge in [0, 0.05) is 12.2 Å². The third-order valence-electron chi connectivity index (χ3n) is 5.64. The summed E-state index contributed by atoms with van der Waals surface area (Å²) in [4.78, 5) is 0. The minimum absolute atomic E-state index is 0.217. The van der Waals surface area contributed by atoms with Crippen molar-refractivity contribution in [3.05, 3.63) is 23.8 Å². The highest BCUT2D eigenvalue weighted by atomic mass is 19.3. The number of alkyl halides is 4. The molecule has 1 saturated carbocycles. The van der Waals surface area contributed by atoms with Crippen LogP contribution in [0.1, 0.15) is 45.4 Å². The van der Waals surface area contributed by atoms with Gasteiger partial charge in [-0.3, -0.25) is 0 Å². The van der Waals surface area contributed by atoms with Gasteiger partial charge in [-0.1, -0.05) is 19.1 Å². The molecule has 0 aromatic rings. The van der Waals surface area contributed by atoms with Crippen LogP contribution in [0.2, 0.25) is 0 Å².